The van der Waals surface area contributed by atoms with Gasteiger partial charge in [0.05, 0.1) is 6.04 Å². The zero-order valence-corrected chi connectivity index (χ0v) is 12.3. The molecule has 0 amide bonds. The maximum atomic E-state index is 13.6. The van der Waals surface area contributed by atoms with Crippen molar-refractivity contribution in [2.24, 2.45) is 0 Å². The third kappa shape index (κ3) is 2.47. The van der Waals surface area contributed by atoms with Crippen LogP contribution in [0, 0.1) is 12.7 Å². The maximum absolute atomic E-state index is 13.6. The average Bonchev–Trinajstić information content (AvgIpc) is 2.81. The minimum Gasteiger partial charge on any atom is -0.309 e. The Hall–Kier alpha value is -1.71. The van der Waals surface area contributed by atoms with Crippen molar-refractivity contribution in [2.75, 3.05) is 7.05 Å². The van der Waals surface area contributed by atoms with Crippen molar-refractivity contribution in [1.29, 1.82) is 0 Å². The summed E-state index contributed by atoms with van der Waals surface area (Å²) in [5.74, 6) is -0.179. The first-order valence-electron chi connectivity index (χ1n) is 6.60. The number of hydrogen-bond acceptors (Lipinski definition) is 2. The van der Waals surface area contributed by atoms with Gasteiger partial charge in [-0.05, 0) is 54.8 Å². The lowest BCUT2D eigenvalue weighted by Gasteiger charge is -2.15. The Morgan fingerprint density at radius 3 is 2.60 bits per heavy atom. The Morgan fingerprint density at radius 1 is 1.10 bits per heavy atom. The Balaban J connectivity index is 2.08. The molecule has 1 atom stereocenters. The minimum atomic E-state index is -0.179. The second kappa shape index (κ2) is 5.35. The predicted molar refractivity (Wildman–Crippen MR) is 83.9 cm³/mol. The van der Waals surface area contributed by atoms with Crippen LogP contribution in [-0.2, 0) is 0 Å². The van der Waals surface area contributed by atoms with E-state index < -0.39 is 0 Å². The average molecular weight is 285 g/mol. The normalized spacial score (nSPS) is 12.8. The summed E-state index contributed by atoms with van der Waals surface area (Å²) >= 11 is 1.75. The molecule has 0 aliphatic rings. The monoisotopic (exact) mass is 285 g/mol. The van der Waals surface area contributed by atoms with Gasteiger partial charge in [0.25, 0.3) is 0 Å². The van der Waals surface area contributed by atoms with Crippen LogP contribution in [-0.4, -0.2) is 7.05 Å². The van der Waals surface area contributed by atoms with E-state index >= 15 is 0 Å². The highest BCUT2D eigenvalue weighted by molar-refractivity contribution is 7.19. The van der Waals surface area contributed by atoms with Crippen LogP contribution in [0.15, 0.2) is 48.5 Å². The number of nitrogens with one attached hydrogen (secondary N) is 1. The summed E-state index contributed by atoms with van der Waals surface area (Å²) < 4.78 is 14.9. The Kier molecular flexibility index (Phi) is 3.55. The molecule has 0 radical (unpaired) electrons. The van der Waals surface area contributed by atoms with Crippen LogP contribution in [0.3, 0.4) is 0 Å². The number of aryl methyl sites for hydroxylation is 1. The molecule has 1 heterocycles. The Bertz CT molecular complexity index is 694. The summed E-state index contributed by atoms with van der Waals surface area (Å²) in [6.45, 7) is 1.92. The molecule has 2 aromatic carbocycles. The van der Waals surface area contributed by atoms with E-state index in [0.717, 1.165) is 11.1 Å². The third-order valence-corrected chi connectivity index (χ3v) is 4.60. The van der Waals surface area contributed by atoms with E-state index in [1.54, 1.807) is 23.5 Å². The number of benzene rings is 2. The Morgan fingerprint density at radius 2 is 1.90 bits per heavy atom. The topological polar surface area (TPSA) is 12.0 Å². The lowest BCUT2D eigenvalue weighted by atomic mass is 10.0. The molecule has 3 rings (SSSR count). The van der Waals surface area contributed by atoms with Crippen molar-refractivity contribution in [3.8, 4) is 0 Å². The quantitative estimate of drug-likeness (QED) is 0.738. The molecular weight excluding hydrogens is 269 g/mol. The second-order valence-corrected chi connectivity index (χ2v) is 6.09. The summed E-state index contributed by atoms with van der Waals surface area (Å²) in [4.78, 5) is 1.21. The number of halogens is 1. The number of thiophene rings is 1. The van der Waals surface area contributed by atoms with Gasteiger partial charge in [-0.1, -0.05) is 24.3 Å². The third-order valence-electron chi connectivity index (χ3n) is 3.42. The van der Waals surface area contributed by atoms with Crippen LogP contribution in [0.25, 0.3) is 10.1 Å². The van der Waals surface area contributed by atoms with Gasteiger partial charge in [0.1, 0.15) is 5.82 Å². The molecule has 3 heteroatoms. The van der Waals surface area contributed by atoms with Gasteiger partial charge in [-0.2, -0.15) is 0 Å². The largest absolute Gasteiger partial charge is 0.309 e. The van der Waals surface area contributed by atoms with Crippen LogP contribution in [0.1, 0.15) is 22.0 Å². The van der Waals surface area contributed by atoms with Gasteiger partial charge in [-0.3, -0.25) is 0 Å². The molecule has 20 heavy (non-hydrogen) atoms. The van der Waals surface area contributed by atoms with E-state index in [4.69, 9.17) is 0 Å². The molecule has 0 saturated heterocycles. The molecule has 0 fully saturated rings. The van der Waals surface area contributed by atoms with Gasteiger partial charge >= 0.3 is 0 Å². The van der Waals surface area contributed by atoms with Crippen LogP contribution < -0.4 is 5.32 Å². The fourth-order valence-corrected chi connectivity index (χ4v) is 3.75. The van der Waals surface area contributed by atoms with E-state index in [0.29, 0.717) is 0 Å². The lowest BCUT2D eigenvalue weighted by Crippen LogP contribution is -2.16. The summed E-state index contributed by atoms with van der Waals surface area (Å²) in [7, 11) is 1.91. The number of fused-ring (bicyclic) bond motifs is 1. The van der Waals surface area contributed by atoms with Gasteiger partial charge in [-0.15, -0.1) is 11.3 Å². The highest BCUT2D eigenvalue weighted by Gasteiger charge is 2.16. The molecule has 1 unspecified atom stereocenters. The highest BCUT2D eigenvalue weighted by Crippen LogP contribution is 2.33. The molecule has 0 aliphatic carbocycles. The summed E-state index contributed by atoms with van der Waals surface area (Å²) in [6, 6.07) is 15.7. The molecule has 0 spiro atoms. The van der Waals surface area contributed by atoms with Crippen LogP contribution in [0.2, 0.25) is 0 Å². The van der Waals surface area contributed by atoms with Crippen molar-refractivity contribution in [3.63, 3.8) is 0 Å². The first-order chi connectivity index (χ1) is 9.67. The first-order valence-corrected chi connectivity index (χ1v) is 7.42. The molecule has 0 aliphatic heterocycles. The summed E-state index contributed by atoms with van der Waals surface area (Å²) in [6.07, 6.45) is 0. The zero-order valence-electron chi connectivity index (χ0n) is 11.5. The smallest absolute Gasteiger partial charge is 0.123 e. The fourth-order valence-electron chi connectivity index (χ4n) is 2.55. The van der Waals surface area contributed by atoms with E-state index in [1.807, 2.05) is 32.2 Å². The van der Waals surface area contributed by atoms with Crippen molar-refractivity contribution in [3.05, 3.63) is 70.4 Å². The minimum absolute atomic E-state index is 0.0294. The molecule has 3 aromatic rings. The van der Waals surface area contributed by atoms with E-state index in [1.165, 1.54) is 15.0 Å². The van der Waals surface area contributed by atoms with Crippen molar-refractivity contribution < 1.29 is 4.39 Å². The molecule has 0 bridgehead atoms. The van der Waals surface area contributed by atoms with E-state index in [-0.39, 0.29) is 11.9 Å². The maximum Gasteiger partial charge on any atom is 0.123 e. The second-order valence-electron chi connectivity index (χ2n) is 4.97. The van der Waals surface area contributed by atoms with Gasteiger partial charge < -0.3 is 5.32 Å². The SMILES string of the molecule is CNC(c1cc(C)cc(F)c1)c1cc2ccccc2s1. The summed E-state index contributed by atoms with van der Waals surface area (Å²) in [5.41, 5.74) is 1.91. The van der Waals surface area contributed by atoms with Gasteiger partial charge in [0.2, 0.25) is 0 Å². The van der Waals surface area contributed by atoms with E-state index in [9.17, 15) is 4.39 Å². The van der Waals surface area contributed by atoms with Gasteiger partial charge in [0.15, 0.2) is 0 Å². The number of hydrogen-bond donors (Lipinski definition) is 1. The highest BCUT2D eigenvalue weighted by atomic mass is 32.1. The zero-order chi connectivity index (χ0) is 14.1. The summed E-state index contributed by atoms with van der Waals surface area (Å²) in [5, 5.41) is 4.53. The first kappa shape index (κ1) is 13.3. The molecular formula is C17H16FNS. The van der Waals surface area contributed by atoms with Crippen LogP contribution >= 0.6 is 11.3 Å². The van der Waals surface area contributed by atoms with Crippen molar-refractivity contribution >= 4 is 21.4 Å². The predicted octanol–water partition coefficient (Wildman–Crippen LogP) is 4.66. The van der Waals surface area contributed by atoms with Crippen molar-refractivity contribution in [1.82, 2.24) is 5.32 Å². The van der Waals surface area contributed by atoms with Crippen molar-refractivity contribution in [2.45, 2.75) is 13.0 Å². The number of rotatable bonds is 3. The Labute approximate surface area is 122 Å². The molecule has 102 valence electrons. The standard InChI is InChI=1S/C17H16FNS/c1-11-7-13(9-14(18)8-11)17(19-2)16-10-12-5-3-4-6-15(12)20-16/h3-10,17,19H,1-2H3. The van der Waals surface area contributed by atoms with Crippen LogP contribution in [0.4, 0.5) is 4.39 Å². The van der Waals surface area contributed by atoms with Crippen LogP contribution in [0.5, 0.6) is 0 Å². The van der Waals surface area contributed by atoms with Gasteiger partial charge in [0, 0.05) is 9.58 Å². The molecule has 1 N–H and O–H groups in total. The molecule has 0 saturated carbocycles. The fraction of sp³-hybridized carbons (Fsp3) is 0.176. The molecule has 1 aromatic heterocycles. The van der Waals surface area contributed by atoms with Gasteiger partial charge in [-0.25, -0.2) is 4.39 Å². The lowest BCUT2D eigenvalue weighted by molar-refractivity contribution is 0.616. The molecule has 1 nitrogen and oxygen atoms in total. The van der Waals surface area contributed by atoms with E-state index in [2.05, 4.69) is 23.5 Å².